The number of benzene rings is 1. The number of halogens is 2. The van der Waals surface area contributed by atoms with Gasteiger partial charge >= 0.3 is 0 Å². The summed E-state index contributed by atoms with van der Waals surface area (Å²) in [6.45, 7) is 1.90. The van der Waals surface area contributed by atoms with Gasteiger partial charge in [-0.25, -0.2) is 0 Å². The Hall–Kier alpha value is -0.570. The first-order valence-electron chi connectivity index (χ1n) is 5.08. The number of methoxy groups -OCH3 is 1. The number of rotatable bonds is 5. The van der Waals surface area contributed by atoms with Crippen molar-refractivity contribution >= 4 is 29.0 Å². The molecule has 0 aromatic heterocycles. The van der Waals surface area contributed by atoms with Crippen molar-refractivity contribution in [1.29, 1.82) is 0 Å². The van der Waals surface area contributed by atoms with Gasteiger partial charge in [0, 0.05) is 23.6 Å². The molecule has 0 heterocycles. The van der Waals surface area contributed by atoms with Gasteiger partial charge in [0.2, 0.25) is 0 Å². The van der Waals surface area contributed by atoms with Gasteiger partial charge < -0.3 is 4.74 Å². The molecule has 0 aliphatic carbocycles. The van der Waals surface area contributed by atoms with E-state index in [1.54, 1.807) is 18.2 Å². The van der Waals surface area contributed by atoms with Crippen molar-refractivity contribution in [2.75, 3.05) is 7.11 Å². The van der Waals surface area contributed by atoms with Crippen molar-refractivity contribution in [2.45, 2.75) is 25.9 Å². The number of carbonyl (C=O) groups excluding carboxylic acids is 1. The van der Waals surface area contributed by atoms with E-state index in [0.29, 0.717) is 22.0 Å². The molecule has 2 nitrogen and oxygen atoms in total. The first kappa shape index (κ1) is 13.5. The van der Waals surface area contributed by atoms with Crippen LogP contribution >= 0.6 is 23.2 Å². The van der Waals surface area contributed by atoms with Gasteiger partial charge in [-0.2, -0.15) is 0 Å². The first-order valence-corrected chi connectivity index (χ1v) is 5.84. The molecule has 0 amide bonds. The summed E-state index contributed by atoms with van der Waals surface area (Å²) in [7, 11) is 1.53. The molecule has 1 rings (SSSR count). The summed E-state index contributed by atoms with van der Waals surface area (Å²) in [5.74, 6) is 0.000000000000000222. The Labute approximate surface area is 106 Å². The van der Waals surface area contributed by atoms with Crippen LogP contribution in [-0.4, -0.2) is 19.0 Å². The topological polar surface area (TPSA) is 26.3 Å². The van der Waals surface area contributed by atoms with E-state index in [1.165, 1.54) is 7.11 Å². The number of Topliss-reactive ketones (excluding diaryl/α,β-unsaturated/α-hetero) is 1. The van der Waals surface area contributed by atoms with Crippen LogP contribution in [0.5, 0.6) is 0 Å². The molecule has 0 N–H and O–H groups in total. The normalized spacial score (nSPS) is 12.5. The fourth-order valence-corrected chi connectivity index (χ4v) is 2.05. The van der Waals surface area contributed by atoms with Crippen LogP contribution in [0, 0.1) is 0 Å². The lowest BCUT2D eigenvalue weighted by Crippen LogP contribution is -2.24. The quantitative estimate of drug-likeness (QED) is 0.810. The van der Waals surface area contributed by atoms with Crippen LogP contribution in [-0.2, 0) is 16.0 Å². The van der Waals surface area contributed by atoms with Crippen molar-refractivity contribution in [3.8, 4) is 0 Å². The molecule has 0 bridgehead atoms. The number of ether oxygens (including phenoxy) is 1. The molecule has 1 aromatic rings. The highest BCUT2D eigenvalue weighted by molar-refractivity contribution is 6.36. The van der Waals surface area contributed by atoms with Crippen molar-refractivity contribution in [1.82, 2.24) is 0 Å². The average molecular weight is 261 g/mol. The van der Waals surface area contributed by atoms with Crippen molar-refractivity contribution in [3.05, 3.63) is 33.8 Å². The number of carbonyl (C=O) groups is 1. The highest BCUT2D eigenvalue weighted by Crippen LogP contribution is 2.25. The molecule has 0 aliphatic rings. The summed E-state index contributed by atoms with van der Waals surface area (Å²) in [5, 5.41) is 1.04. The van der Waals surface area contributed by atoms with E-state index in [0.717, 1.165) is 0 Å². The highest BCUT2D eigenvalue weighted by Gasteiger charge is 2.18. The first-order chi connectivity index (χ1) is 7.60. The molecule has 16 heavy (non-hydrogen) atoms. The zero-order chi connectivity index (χ0) is 12.1. The van der Waals surface area contributed by atoms with E-state index in [-0.39, 0.29) is 18.3 Å². The molecular formula is C12H14Cl2O2. The molecule has 1 aromatic carbocycles. The van der Waals surface area contributed by atoms with E-state index < -0.39 is 0 Å². The Kier molecular flexibility index (Phi) is 5.26. The number of hydrogen-bond acceptors (Lipinski definition) is 2. The van der Waals surface area contributed by atoms with E-state index in [4.69, 9.17) is 27.9 Å². The zero-order valence-electron chi connectivity index (χ0n) is 9.30. The van der Waals surface area contributed by atoms with Crippen molar-refractivity contribution in [2.24, 2.45) is 0 Å². The molecule has 0 aliphatic heterocycles. The lowest BCUT2D eigenvalue weighted by Gasteiger charge is -2.12. The number of ketones is 1. The Morgan fingerprint density at radius 3 is 2.38 bits per heavy atom. The van der Waals surface area contributed by atoms with E-state index in [2.05, 4.69) is 0 Å². The maximum Gasteiger partial charge on any atom is 0.165 e. The minimum absolute atomic E-state index is 0.000000000000000222. The summed E-state index contributed by atoms with van der Waals surface area (Å²) in [6, 6.07) is 5.21. The van der Waals surface area contributed by atoms with Gasteiger partial charge in [-0.3, -0.25) is 4.79 Å². The van der Waals surface area contributed by atoms with Crippen LogP contribution in [0.1, 0.15) is 18.9 Å². The average Bonchev–Trinajstić information content (AvgIpc) is 2.25. The summed E-state index contributed by atoms with van der Waals surface area (Å²) in [4.78, 5) is 11.8. The molecule has 88 valence electrons. The molecule has 4 heteroatoms. The largest absolute Gasteiger partial charge is 0.374 e. The van der Waals surface area contributed by atoms with Gasteiger partial charge in [0.05, 0.1) is 0 Å². The second kappa shape index (κ2) is 6.24. The van der Waals surface area contributed by atoms with E-state index in [9.17, 15) is 4.79 Å². The van der Waals surface area contributed by atoms with Crippen molar-refractivity contribution in [3.63, 3.8) is 0 Å². The molecule has 0 radical (unpaired) electrons. The molecule has 0 fully saturated rings. The Morgan fingerprint density at radius 1 is 1.38 bits per heavy atom. The molecule has 1 atom stereocenters. The zero-order valence-corrected chi connectivity index (χ0v) is 10.8. The van der Waals surface area contributed by atoms with E-state index in [1.807, 2.05) is 6.92 Å². The van der Waals surface area contributed by atoms with Crippen LogP contribution in [0.2, 0.25) is 10.0 Å². The second-order valence-corrected chi connectivity index (χ2v) is 4.29. The fourth-order valence-electron chi connectivity index (χ4n) is 1.52. The molecular weight excluding hydrogens is 247 g/mol. The maximum absolute atomic E-state index is 11.8. The molecule has 0 spiro atoms. The van der Waals surface area contributed by atoms with Gasteiger partial charge in [-0.15, -0.1) is 0 Å². The molecule has 0 saturated carbocycles. The Balaban J connectivity index is 2.84. The maximum atomic E-state index is 11.8. The predicted molar refractivity (Wildman–Crippen MR) is 66.3 cm³/mol. The highest BCUT2D eigenvalue weighted by atomic mass is 35.5. The van der Waals surface area contributed by atoms with Gasteiger partial charge in [-0.1, -0.05) is 36.2 Å². The van der Waals surface area contributed by atoms with Crippen LogP contribution in [0.25, 0.3) is 0 Å². The number of hydrogen-bond donors (Lipinski definition) is 0. The smallest absolute Gasteiger partial charge is 0.165 e. The standard InChI is InChI=1S/C12H14Cl2O2/c1-3-12(16-2)11(15)7-8-9(13)5-4-6-10(8)14/h4-6,12H,3,7H2,1-2H3. The van der Waals surface area contributed by atoms with Gasteiger partial charge in [-0.05, 0) is 24.1 Å². The third-order valence-corrected chi connectivity index (χ3v) is 3.14. The minimum atomic E-state index is -0.382. The monoisotopic (exact) mass is 260 g/mol. The van der Waals surface area contributed by atoms with Gasteiger partial charge in [0.15, 0.2) is 5.78 Å². The fraction of sp³-hybridized carbons (Fsp3) is 0.417. The summed E-state index contributed by atoms with van der Waals surface area (Å²) in [5.41, 5.74) is 0.673. The summed E-state index contributed by atoms with van der Waals surface area (Å²) < 4.78 is 5.08. The van der Waals surface area contributed by atoms with Crippen LogP contribution in [0.15, 0.2) is 18.2 Å². The minimum Gasteiger partial charge on any atom is -0.374 e. The Bertz CT molecular complexity index is 353. The van der Waals surface area contributed by atoms with Crippen LogP contribution < -0.4 is 0 Å². The molecule has 1 unspecified atom stereocenters. The van der Waals surface area contributed by atoms with E-state index >= 15 is 0 Å². The van der Waals surface area contributed by atoms with Crippen LogP contribution in [0.4, 0.5) is 0 Å². The van der Waals surface area contributed by atoms with Crippen molar-refractivity contribution < 1.29 is 9.53 Å². The third kappa shape index (κ3) is 3.21. The Morgan fingerprint density at radius 2 is 1.94 bits per heavy atom. The van der Waals surface area contributed by atoms with Gasteiger partial charge in [0.1, 0.15) is 6.10 Å². The third-order valence-electron chi connectivity index (χ3n) is 2.43. The lowest BCUT2D eigenvalue weighted by atomic mass is 10.0. The lowest BCUT2D eigenvalue weighted by molar-refractivity contribution is -0.128. The summed E-state index contributed by atoms with van der Waals surface area (Å²) in [6.07, 6.45) is 0.481. The second-order valence-electron chi connectivity index (χ2n) is 3.48. The molecule has 0 saturated heterocycles. The van der Waals surface area contributed by atoms with Gasteiger partial charge in [0.25, 0.3) is 0 Å². The predicted octanol–water partition coefficient (Wildman–Crippen LogP) is 3.53. The van der Waals surface area contributed by atoms with Crippen LogP contribution in [0.3, 0.4) is 0 Å². The SMILES string of the molecule is CCC(OC)C(=O)Cc1c(Cl)cccc1Cl. The summed E-state index contributed by atoms with van der Waals surface area (Å²) >= 11 is 12.0.